The van der Waals surface area contributed by atoms with E-state index < -0.39 is 11.6 Å². The lowest BCUT2D eigenvalue weighted by Gasteiger charge is -2.23. The Hall–Kier alpha value is -1.10. The smallest absolute Gasteiger partial charge is 0.323 e. The Morgan fingerprint density at radius 2 is 2.19 bits per heavy atom. The largest absolute Gasteiger partial charge is 0.464 e. The third-order valence-electron chi connectivity index (χ3n) is 2.15. The van der Waals surface area contributed by atoms with Crippen LogP contribution in [0.5, 0.6) is 0 Å². The minimum atomic E-state index is -0.511. The molecule has 0 aliphatic carbocycles. The third-order valence-corrected chi connectivity index (χ3v) is 2.15. The van der Waals surface area contributed by atoms with Gasteiger partial charge in [-0.25, -0.2) is 0 Å². The van der Waals surface area contributed by atoms with E-state index in [1.165, 1.54) is 0 Å². The van der Waals surface area contributed by atoms with Gasteiger partial charge in [-0.2, -0.15) is 0 Å². The summed E-state index contributed by atoms with van der Waals surface area (Å²) in [7, 11) is 0. The predicted octanol–water partition coefficient (Wildman–Crippen LogP) is 0.622. The lowest BCUT2D eigenvalue weighted by Crippen LogP contribution is -2.46. The Balaban J connectivity index is 2.42. The minimum Gasteiger partial charge on any atom is -0.464 e. The van der Waals surface area contributed by atoms with Crippen LogP contribution in [0.2, 0.25) is 0 Å². The van der Waals surface area contributed by atoms with Gasteiger partial charge < -0.3 is 9.47 Å². The number of carbonyl (C=O) groups is 2. The second-order valence-electron chi connectivity index (χ2n) is 4.93. The van der Waals surface area contributed by atoms with Crippen LogP contribution >= 0.6 is 0 Å². The molecule has 0 aromatic carbocycles. The molecule has 1 heterocycles. The highest BCUT2D eigenvalue weighted by atomic mass is 16.6. The molecule has 5 nitrogen and oxygen atoms in total. The van der Waals surface area contributed by atoms with Gasteiger partial charge in [-0.15, -0.1) is 0 Å². The Bertz CT molecular complexity index is 282. The summed E-state index contributed by atoms with van der Waals surface area (Å²) in [5.74, 6) is -0.650. The van der Waals surface area contributed by atoms with Crippen molar-refractivity contribution in [1.82, 2.24) is 5.32 Å². The molecule has 0 saturated carbocycles. The quantitative estimate of drug-likeness (QED) is 0.719. The van der Waals surface area contributed by atoms with E-state index in [9.17, 15) is 9.59 Å². The van der Waals surface area contributed by atoms with Crippen molar-refractivity contribution in [3.05, 3.63) is 0 Å². The van der Waals surface area contributed by atoms with Crippen molar-refractivity contribution in [2.45, 2.75) is 51.8 Å². The lowest BCUT2D eigenvalue weighted by atomic mass is 10.2. The van der Waals surface area contributed by atoms with Crippen molar-refractivity contribution in [2.24, 2.45) is 0 Å². The number of carbonyl (C=O) groups excluding carboxylic acids is 2. The molecule has 92 valence electrons. The molecule has 1 saturated heterocycles. The van der Waals surface area contributed by atoms with Crippen LogP contribution in [0, 0.1) is 0 Å². The SMILES string of the molecule is C[C@H](NC1CCOC1=O)C(=O)OC(C)(C)C. The fourth-order valence-electron chi connectivity index (χ4n) is 1.41. The highest BCUT2D eigenvalue weighted by Crippen LogP contribution is 2.10. The van der Waals surface area contributed by atoms with Crippen molar-refractivity contribution >= 4 is 11.9 Å². The standard InChI is InChI=1S/C11H19NO4/c1-7(9(13)16-11(2,3)4)12-8-5-6-15-10(8)14/h7-8,12H,5-6H2,1-4H3/t7-,8?/m0/s1. The first-order valence-electron chi connectivity index (χ1n) is 5.45. The zero-order valence-electron chi connectivity index (χ0n) is 10.2. The van der Waals surface area contributed by atoms with Crippen molar-refractivity contribution in [1.29, 1.82) is 0 Å². The molecule has 1 rings (SSSR count). The summed E-state index contributed by atoms with van der Waals surface area (Å²) >= 11 is 0. The third kappa shape index (κ3) is 3.81. The second kappa shape index (κ2) is 4.82. The van der Waals surface area contributed by atoms with Gasteiger partial charge in [-0.05, 0) is 27.7 Å². The summed E-state index contributed by atoms with van der Waals surface area (Å²) in [4.78, 5) is 22.8. The molecule has 1 fully saturated rings. The van der Waals surface area contributed by atoms with Crippen LogP contribution < -0.4 is 5.32 Å². The average Bonchev–Trinajstić information content (AvgIpc) is 2.49. The van der Waals surface area contributed by atoms with E-state index in [-0.39, 0.29) is 18.0 Å². The highest BCUT2D eigenvalue weighted by Gasteiger charge is 2.30. The fourth-order valence-corrected chi connectivity index (χ4v) is 1.41. The summed E-state index contributed by atoms with van der Waals surface area (Å²) in [6.07, 6.45) is 0.603. The first-order valence-corrected chi connectivity index (χ1v) is 5.45. The Morgan fingerprint density at radius 3 is 2.62 bits per heavy atom. The van der Waals surface area contributed by atoms with E-state index in [4.69, 9.17) is 9.47 Å². The van der Waals surface area contributed by atoms with E-state index in [0.29, 0.717) is 13.0 Å². The Kier molecular flexibility index (Phi) is 3.91. The van der Waals surface area contributed by atoms with Gasteiger partial charge in [-0.1, -0.05) is 0 Å². The normalized spacial score (nSPS) is 22.8. The Morgan fingerprint density at radius 1 is 1.56 bits per heavy atom. The molecular weight excluding hydrogens is 210 g/mol. The van der Waals surface area contributed by atoms with Crippen LogP contribution in [0.1, 0.15) is 34.1 Å². The number of rotatable bonds is 3. The molecule has 1 aliphatic heterocycles. The molecule has 1 unspecified atom stereocenters. The molecule has 0 bridgehead atoms. The first kappa shape index (κ1) is 13.0. The van der Waals surface area contributed by atoms with Crippen LogP contribution in [-0.4, -0.2) is 36.2 Å². The molecular formula is C11H19NO4. The number of hydrogen-bond donors (Lipinski definition) is 1. The summed E-state index contributed by atoms with van der Waals surface area (Å²) < 4.78 is 9.98. The van der Waals surface area contributed by atoms with Crippen LogP contribution in [-0.2, 0) is 19.1 Å². The maximum absolute atomic E-state index is 11.6. The monoisotopic (exact) mass is 229 g/mol. The number of nitrogens with one attached hydrogen (secondary N) is 1. The summed E-state index contributed by atoms with van der Waals surface area (Å²) in [6, 6.07) is -0.891. The van der Waals surface area contributed by atoms with E-state index in [0.717, 1.165) is 0 Å². The minimum absolute atomic E-state index is 0.296. The maximum Gasteiger partial charge on any atom is 0.323 e. The summed E-state index contributed by atoms with van der Waals surface area (Å²) in [6.45, 7) is 7.52. The average molecular weight is 229 g/mol. The molecule has 2 atom stereocenters. The zero-order chi connectivity index (χ0) is 12.3. The van der Waals surface area contributed by atoms with Gasteiger partial charge in [0.1, 0.15) is 17.7 Å². The van der Waals surface area contributed by atoms with Crippen LogP contribution in [0.25, 0.3) is 0 Å². The molecule has 16 heavy (non-hydrogen) atoms. The van der Waals surface area contributed by atoms with Crippen LogP contribution in [0.4, 0.5) is 0 Å². The van der Waals surface area contributed by atoms with Crippen LogP contribution in [0.3, 0.4) is 0 Å². The van der Waals surface area contributed by atoms with Gasteiger partial charge in [0.25, 0.3) is 0 Å². The molecule has 5 heteroatoms. The van der Waals surface area contributed by atoms with E-state index in [2.05, 4.69) is 5.32 Å². The predicted molar refractivity (Wildman–Crippen MR) is 57.8 cm³/mol. The summed E-state index contributed by atoms with van der Waals surface area (Å²) in [5.41, 5.74) is -0.511. The molecule has 0 amide bonds. The fraction of sp³-hybridized carbons (Fsp3) is 0.818. The topological polar surface area (TPSA) is 64.6 Å². The molecule has 1 aliphatic rings. The zero-order valence-corrected chi connectivity index (χ0v) is 10.2. The molecule has 0 aromatic heterocycles. The first-order chi connectivity index (χ1) is 7.29. The van der Waals surface area contributed by atoms with Crippen molar-refractivity contribution in [3.8, 4) is 0 Å². The number of esters is 2. The van der Waals surface area contributed by atoms with Gasteiger partial charge in [-0.3, -0.25) is 14.9 Å². The van der Waals surface area contributed by atoms with Crippen molar-refractivity contribution < 1.29 is 19.1 Å². The van der Waals surface area contributed by atoms with Crippen molar-refractivity contribution in [2.75, 3.05) is 6.61 Å². The number of ether oxygens (including phenoxy) is 2. The van der Waals surface area contributed by atoms with E-state index in [1.807, 2.05) is 0 Å². The van der Waals surface area contributed by atoms with Crippen LogP contribution in [0.15, 0.2) is 0 Å². The molecule has 0 spiro atoms. The van der Waals surface area contributed by atoms with Gasteiger partial charge in [0.2, 0.25) is 0 Å². The second-order valence-corrected chi connectivity index (χ2v) is 4.93. The highest BCUT2D eigenvalue weighted by molar-refractivity contribution is 5.80. The van der Waals surface area contributed by atoms with Gasteiger partial charge in [0.15, 0.2) is 0 Å². The Labute approximate surface area is 95.5 Å². The van der Waals surface area contributed by atoms with E-state index >= 15 is 0 Å². The number of cyclic esters (lactones) is 1. The van der Waals surface area contributed by atoms with Gasteiger partial charge >= 0.3 is 11.9 Å². The van der Waals surface area contributed by atoms with Crippen molar-refractivity contribution in [3.63, 3.8) is 0 Å². The number of hydrogen-bond acceptors (Lipinski definition) is 5. The van der Waals surface area contributed by atoms with E-state index in [1.54, 1.807) is 27.7 Å². The maximum atomic E-state index is 11.6. The molecule has 1 N–H and O–H groups in total. The molecule has 0 radical (unpaired) electrons. The lowest BCUT2D eigenvalue weighted by molar-refractivity contribution is -0.157. The van der Waals surface area contributed by atoms with Gasteiger partial charge in [0, 0.05) is 6.42 Å². The summed E-state index contributed by atoms with van der Waals surface area (Å²) in [5, 5.41) is 2.90. The molecule has 0 aromatic rings. The van der Waals surface area contributed by atoms with Gasteiger partial charge in [0.05, 0.1) is 6.61 Å².